The number of amides is 2. The first-order chi connectivity index (χ1) is 10.1. The van der Waals surface area contributed by atoms with Crippen molar-refractivity contribution in [2.75, 3.05) is 18.2 Å². The number of fused-ring (bicyclic) bond motifs is 1. The van der Waals surface area contributed by atoms with E-state index >= 15 is 0 Å². The smallest absolute Gasteiger partial charge is 0.259 e. The van der Waals surface area contributed by atoms with Crippen molar-refractivity contribution in [1.82, 2.24) is 5.32 Å². The van der Waals surface area contributed by atoms with Gasteiger partial charge >= 0.3 is 0 Å². The number of ether oxygens (including phenoxy) is 1. The van der Waals surface area contributed by atoms with Crippen molar-refractivity contribution < 1.29 is 14.3 Å². The average Bonchev–Trinajstić information content (AvgIpc) is 2.76. The molecule has 0 radical (unpaired) electrons. The minimum absolute atomic E-state index is 0.353. The zero-order valence-corrected chi connectivity index (χ0v) is 11.3. The van der Waals surface area contributed by atoms with E-state index in [4.69, 9.17) is 10.5 Å². The van der Waals surface area contributed by atoms with E-state index in [1.165, 1.54) is 0 Å². The van der Waals surface area contributed by atoms with E-state index in [1.807, 2.05) is 0 Å². The topological polar surface area (TPSA) is 93.5 Å². The molecule has 4 N–H and O–H groups in total. The van der Waals surface area contributed by atoms with E-state index in [0.717, 1.165) is 0 Å². The van der Waals surface area contributed by atoms with E-state index < -0.39 is 5.91 Å². The Hall–Kier alpha value is -3.02. The van der Waals surface area contributed by atoms with Crippen LogP contribution in [0, 0.1) is 0 Å². The number of hydrogen-bond donors (Lipinski definition) is 3. The van der Waals surface area contributed by atoms with Crippen LogP contribution in [0.5, 0.6) is 5.75 Å². The van der Waals surface area contributed by atoms with Crippen LogP contribution in [0.2, 0.25) is 0 Å². The summed E-state index contributed by atoms with van der Waals surface area (Å²) in [4.78, 5) is 23.1. The summed E-state index contributed by atoms with van der Waals surface area (Å²) in [5.74, 6) is -0.200. The van der Waals surface area contributed by atoms with Gasteiger partial charge in [-0.1, -0.05) is 6.07 Å². The number of methoxy groups -OCH3 is 1. The van der Waals surface area contributed by atoms with Gasteiger partial charge in [0.15, 0.2) is 0 Å². The van der Waals surface area contributed by atoms with Crippen molar-refractivity contribution in [3.63, 3.8) is 0 Å². The van der Waals surface area contributed by atoms with Gasteiger partial charge in [0.1, 0.15) is 5.75 Å². The van der Waals surface area contributed by atoms with Crippen LogP contribution in [-0.2, 0) is 0 Å². The van der Waals surface area contributed by atoms with Gasteiger partial charge in [-0.25, -0.2) is 0 Å². The molecule has 1 heterocycles. The number of rotatable bonds is 3. The molecule has 106 valence electrons. The van der Waals surface area contributed by atoms with E-state index in [-0.39, 0.29) is 5.91 Å². The molecule has 1 aliphatic heterocycles. The highest BCUT2D eigenvalue weighted by atomic mass is 16.5. The number of carbonyl (C=O) groups excluding carboxylic acids is 2. The summed E-state index contributed by atoms with van der Waals surface area (Å²) >= 11 is 0. The Labute approximate surface area is 120 Å². The first-order valence-corrected chi connectivity index (χ1v) is 6.29. The van der Waals surface area contributed by atoms with Crippen LogP contribution in [0.25, 0.3) is 0 Å². The monoisotopic (exact) mass is 283 g/mol. The standard InChI is InChI=1S/C15H13N3O3/c1-21-12-4-2-3-11(13(12)16)17-8-5-6-9-10(7-8)15(20)18-14(9)19/h2-7,17H,16H2,1H3,(H,18,19,20). The maximum Gasteiger partial charge on any atom is 0.259 e. The van der Waals surface area contributed by atoms with Crippen LogP contribution in [0.3, 0.4) is 0 Å². The molecule has 6 nitrogen and oxygen atoms in total. The lowest BCUT2D eigenvalue weighted by Crippen LogP contribution is -2.19. The molecule has 0 aliphatic carbocycles. The predicted molar refractivity (Wildman–Crippen MR) is 78.9 cm³/mol. The second kappa shape index (κ2) is 4.82. The van der Waals surface area contributed by atoms with E-state index in [0.29, 0.717) is 33.9 Å². The Morgan fingerprint density at radius 1 is 1.10 bits per heavy atom. The lowest BCUT2D eigenvalue weighted by atomic mass is 10.1. The van der Waals surface area contributed by atoms with Crippen LogP contribution in [0.1, 0.15) is 20.7 Å². The van der Waals surface area contributed by atoms with E-state index in [2.05, 4.69) is 10.6 Å². The summed E-state index contributed by atoms with van der Waals surface area (Å²) in [6.07, 6.45) is 0. The van der Waals surface area contributed by atoms with Gasteiger partial charge in [-0.15, -0.1) is 0 Å². The molecule has 0 saturated carbocycles. The number of para-hydroxylation sites is 1. The van der Waals surface area contributed by atoms with E-state index in [9.17, 15) is 9.59 Å². The van der Waals surface area contributed by atoms with Gasteiger partial charge in [-0.2, -0.15) is 0 Å². The molecule has 0 spiro atoms. The molecular weight excluding hydrogens is 270 g/mol. The minimum atomic E-state index is -0.391. The van der Waals surface area contributed by atoms with Crippen molar-refractivity contribution in [1.29, 1.82) is 0 Å². The molecule has 2 aromatic rings. The molecule has 2 amide bonds. The quantitative estimate of drug-likeness (QED) is 0.591. The second-order valence-corrected chi connectivity index (χ2v) is 4.59. The highest BCUT2D eigenvalue weighted by molar-refractivity contribution is 6.21. The highest BCUT2D eigenvalue weighted by Gasteiger charge is 2.26. The molecule has 0 unspecified atom stereocenters. The number of nitrogens with two attached hydrogens (primary N) is 1. The fourth-order valence-electron chi connectivity index (χ4n) is 2.23. The number of nitrogen functional groups attached to an aromatic ring is 1. The van der Waals surface area contributed by atoms with Gasteiger partial charge in [0.2, 0.25) is 0 Å². The predicted octanol–water partition coefficient (Wildman–Crippen LogP) is 1.90. The number of anilines is 3. The maximum atomic E-state index is 11.6. The van der Waals surface area contributed by atoms with Crippen molar-refractivity contribution >= 4 is 28.9 Å². The van der Waals surface area contributed by atoms with Gasteiger partial charge in [0.25, 0.3) is 11.8 Å². The van der Waals surface area contributed by atoms with Crippen LogP contribution in [-0.4, -0.2) is 18.9 Å². The molecular formula is C15H13N3O3. The zero-order valence-electron chi connectivity index (χ0n) is 11.3. The third-order valence-corrected chi connectivity index (χ3v) is 3.30. The SMILES string of the molecule is COc1cccc(Nc2ccc3c(c2)C(=O)NC3=O)c1N. The van der Waals surface area contributed by atoms with Gasteiger partial charge in [0, 0.05) is 5.69 Å². The molecule has 0 aromatic heterocycles. The molecule has 0 fully saturated rings. The Balaban J connectivity index is 1.95. The van der Waals surface area contributed by atoms with Gasteiger partial charge in [0.05, 0.1) is 29.6 Å². The second-order valence-electron chi connectivity index (χ2n) is 4.59. The van der Waals surface area contributed by atoms with Gasteiger partial charge in [-0.3, -0.25) is 14.9 Å². The molecule has 3 rings (SSSR count). The van der Waals surface area contributed by atoms with Crippen LogP contribution < -0.4 is 21.1 Å². The summed E-state index contributed by atoms with van der Waals surface area (Å²) in [7, 11) is 1.54. The van der Waals surface area contributed by atoms with Crippen molar-refractivity contribution in [2.45, 2.75) is 0 Å². The van der Waals surface area contributed by atoms with Crippen LogP contribution in [0.4, 0.5) is 17.1 Å². The number of nitrogens with one attached hydrogen (secondary N) is 2. The number of carbonyl (C=O) groups is 2. The molecule has 1 aliphatic rings. The Kier molecular flexibility index (Phi) is 2.98. The number of imide groups is 1. The molecule has 21 heavy (non-hydrogen) atoms. The third kappa shape index (κ3) is 2.16. The van der Waals surface area contributed by atoms with Crippen molar-refractivity contribution in [3.8, 4) is 5.75 Å². The lowest BCUT2D eigenvalue weighted by Gasteiger charge is -2.12. The molecule has 2 aromatic carbocycles. The number of benzene rings is 2. The van der Waals surface area contributed by atoms with Gasteiger partial charge < -0.3 is 15.8 Å². The Morgan fingerprint density at radius 2 is 1.86 bits per heavy atom. The molecule has 0 atom stereocenters. The Morgan fingerprint density at radius 3 is 2.62 bits per heavy atom. The number of hydrogen-bond acceptors (Lipinski definition) is 5. The fourth-order valence-corrected chi connectivity index (χ4v) is 2.23. The van der Waals surface area contributed by atoms with Crippen molar-refractivity contribution in [2.24, 2.45) is 0 Å². The summed E-state index contributed by atoms with van der Waals surface area (Å²) < 4.78 is 5.15. The maximum absolute atomic E-state index is 11.6. The lowest BCUT2D eigenvalue weighted by molar-refractivity contribution is 0.0879. The minimum Gasteiger partial charge on any atom is -0.495 e. The first-order valence-electron chi connectivity index (χ1n) is 6.29. The Bertz CT molecular complexity index is 756. The summed E-state index contributed by atoms with van der Waals surface area (Å²) in [6, 6.07) is 10.3. The van der Waals surface area contributed by atoms with Crippen molar-refractivity contribution in [3.05, 3.63) is 47.5 Å². The van der Waals surface area contributed by atoms with Gasteiger partial charge in [-0.05, 0) is 30.3 Å². The van der Waals surface area contributed by atoms with Crippen LogP contribution >= 0.6 is 0 Å². The third-order valence-electron chi connectivity index (χ3n) is 3.30. The average molecular weight is 283 g/mol. The molecule has 0 bridgehead atoms. The fraction of sp³-hybridized carbons (Fsp3) is 0.0667. The summed E-state index contributed by atoms with van der Waals surface area (Å²) in [5, 5.41) is 5.37. The molecule has 0 saturated heterocycles. The summed E-state index contributed by atoms with van der Waals surface area (Å²) in [6.45, 7) is 0. The largest absolute Gasteiger partial charge is 0.495 e. The first kappa shape index (κ1) is 13.0. The van der Waals surface area contributed by atoms with Crippen LogP contribution in [0.15, 0.2) is 36.4 Å². The van der Waals surface area contributed by atoms with E-state index in [1.54, 1.807) is 43.5 Å². The zero-order chi connectivity index (χ0) is 15.0. The normalized spacial score (nSPS) is 12.8. The molecule has 6 heteroatoms. The summed E-state index contributed by atoms with van der Waals surface area (Å²) in [5.41, 5.74) is 8.52. The highest BCUT2D eigenvalue weighted by Crippen LogP contribution is 2.32.